The fraction of sp³-hybridized carbons (Fsp3) is 0.381. The molecule has 1 aliphatic heterocycles. The molecule has 4 heteroatoms. The van der Waals surface area contributed by atoms with Gasteiger partial charge in [0.05, 0.1) is 11.7 Å². The van der Waals surface area contributed by atoms with E-state index in [0.717, 1.165) is 18.0 Å². The fourth-order valence-corrected chi connectivity index (χ4v) is 4.31. The zero-order chi connectivity index (χ0) is 17.1. The molecule has 130 valence electrons. The predicted octanol–water partition coefficient (Wildman–Crippen LogP) is 4.74. The first-order valence-corrected chi connectivity index (χ1v) is 10.3. The van der Waals surface area contributed by atoms with Gasteiger partial charge < -0.3 is 0 Å². The number of H-pyrrole nitrogens is 1. The number of benzene rings is 2. The summed E-state index contributed by atoms with van der Waals surface area (Å²) < 4.78 is 0. The number of hydrogen-bond donors (Lipinski definition) is 1. The van der Waals surface area contributed by atoms with Gasteiger partial charge >= 0.3 is 0 Å². The highest BCUT2D eigenvalue weighted by atomic mass is 32.2. The third kappa shape index (κ3) is 4.07. The molecule has 0 bridgehead atoms. The Kier molecular flexibility index (Phi) is 5.09. The number of nitrogens with zero attached hydrogens (tertiary/aromatic N) is 2. The van der Waals surface area contributed by atoms with E-state index in [1.165, 1.54) is 53.8 Å². The van der Waals surface area contributed by atoms with Crippen molar-refractivity contribution < 1.29 is 0 Å². The first-order valence-electron chi connectivity index (χ1n) is 9.07. The lowest BCUT2D eigenvalue weighted by atomic mass is 9.90. The molecule has 1 fully saturated rings. The molecule has 4 rings (SSSR count). The molecule has 1 N–H and O–H groups in total. The van der Waals surface area contributed by atoms with Crippen LogP contribution in [0.5, 0.6) is 0 Å². The van der Waals surface area contributed by atoms with Crippen molar-refractivity contribution >= 4 is 22.7 Å². The van der Waals surface area contributed by atoms with E-state index < -0.39 is 0 Å². The normalized spacial score (nSPS) is 18.7. The highest BCUT2D eigenvalue weighted by Crippen LogP contribution is 2.24. The molecule has 0 aliphatic carbocycles. The van der Waals surface area contributed by atoms with E-state index in [1.54, 1.807) is 11.8 Å². The van der Waals surface area contributed by atoms with Crippen LogP contribution in [0.2, 0.25) is 0 Å². The minimum atomic E-state index is 0.753. The predicted molar refractivity (Wildman–Crippen MR) is 106 cm³/mol. The van der Waals surface area contributed by atoms with E-state index in [-0.39, 0.29) is 0 Å². The molecule has 25 heavy (non-hydrogen) atoms. The van der Waals surface area contributed by atoms with E-state index >= 15 is 0 Å². The van der Waals surface area contributed by atoms with Gasteiger partial charge in [-0.2, -0.15) is 5.10 Å². The number of rotatable bonds is 5. The van der Waals surface area contributed by atoms with Gasteiger partial charge in [-0.1, -0.05) is 18.2 Å². The van der Waals surface area contributed by atoms with Gasteiger partial charge in [0, 0.05) is 23.4 Å². The van der Waals surface area contributed by atoms with Crippen LogP contribution in [0.15, 0.2) is 53.6 Å². The van der Waals surface area contributed by atoms with E-state index in [4.69, 9.17) is 0 Å². The lowest BCUT2D eigenvalue weighted by Gasteiger charge is -2.33. The molecule has 0 radical (unpaired) electrons. The third-order valence-electron chi connectivity index (χ3n) is 5.20. The van der Waals surface area contributed by atoms with Crippen molar-refractivity contribution in [3.8, 4) is 0 Å². The van der Waals surface area contributed by atoms with Crippen LogP contribution in [0.1, 0.15) is 24.0 Å². The Bertz CT molecular complexity index is 825. The maximum Gasteiger partial charge on any atom is 0.0650 e. The molecule has 1 saturated heterocycles. The second kappa shape index (κ2) is 7.63. The van der Waals surface area contributed by atoms with Crippen LogP contribution in [0.4, 0.5) is 0 Å². The first kappa shape index (κ1) is 16.7. The standard InChI is InChI=1S/C21H25N3S/c1-25-20-7-4-16(5-8-20)14-24-10-2-3-18(15-24)11-17-6-9-21-19(12-17)13-22-23-21/h4-9,12-13,18H,2-3,10-11,14-15H2,1H3,(H,22,23)/t18-/m1/s1. The Morgan fingerprint density at radius 3 is 2.84 bits per heavy atom. The number of aromatic amines is 1. The summed E-state index contributed by atoms with van der Waals surface area (Å²) in [5.74, 6) is 0.753. The molecular weight excluding hydrogens is 326 g/mol. The summed E-state index contributed by atoms with van der Waals surface area (Å²) in [4.78, 5) is 3.97. The number of aromatic nitrogens is 2. The first-order chi connectivity index (χ1) is 12.3. The summed E-state index contributed by atoms with van der Waals surface area (Å²) in [6, 6.07) is 15.7. The van der Waals surface area contributed by atoms with Crippen LogP contribution >= 0.6 is 11.8 Å². The van der Waals surface area contributed by atoms with Crippen molar-refractivity contribution in [2.45, 2.75) is 30.7 Å². The second-order valence-corrected chi connectivity index (χ2v) is 7.97. The van der Waals surface area contributed by atoms with E-state index in [2.05, 4.69) is 63.8 Å². The molecule has 1 atom stereocenters. The Hall–Kier alpha value is -1.78. The number of fused-ring (bicyclic) bond motifs is 1. The summed E-state index contributed by atoms with van der Waals surface area (Å²) in [6.45, 7) is 3.50. The summed E-state index contributed by atoms with van der Waals surface area (Å²) >= 11 is 1.81. The van der Waals surface area contributed by atoms with Gasteiger partial charge in [-0.25, -0.2) is 0 Å². The highest BCUT2D eigenvalue weighted by molar-refractivity contribution is 7.98. The Balaban J connectivity index is 1.38. The SMILES string of the molecule is CSc1ccc(CN2CCC[C@H](Cc3ccc4[nH]ncc4c3)C2)cc1. The maximum atomic E-state index is 4.13. The second-order valence-electron chi connectivity index (χ2n) is 7.09. The van der Waals surface area contributed by atoms with Crippen molar-refractivity contribution in [2.24, 2.45) is 5.92 Å². The van der Waals surface area contributed by atoms with Gasteiger partial charge in [-0.15, -0.1) is 11.8 Å². The number of likely N-dealkylation sites (tertiary alicyclic amines) is 1. The molecule has 3 aromatic rings. The monoisotopic (exact) mass is 351 g/mol. The quantitative estimate of drug-likeness (QED) is 0.674. The van der Waals surface area contributed by atoms with E-state index in [9.17, 15) is 0 Å². The molecule has 2 aromatic carbocycles. The zero-order valence-corrected chi connectivity index (χ0v) is 15.6. The topological polar surface area (TPSA) is 31.9 Å². The number of thioether (sulfide) groups is 1. The molecule has 0 unspecified atom stereocenters. The van der Waals surface area contributed by atoms with Gasteiger partial charge in [0.2, 0.25) is 0 Å². The Morgan fingerprint density at radius 2 is 2.00 bits per heavy atom. The van der Waals surface area contributed by atoms with Crippen molar-refractivity contribution in [1.29, 1.82) is 0 Å². The fourth-order valence-electron chi connectivity index (χ4n) is 3.90. The van der Waals surface area contributed by atoms with E-state index in [1.807, 2.05) is 6.20 Å². The summed E-state index contributed by atoms with van der Waals surface area (Å²) in [6.07, 6.45) is 7.87. The smallest absolute Gasteiger partial charge is 0.0650 e. The Labute approximate surface area is 153 Å². The molecule has 3 nitrogen and oxygen atoms in total. The third-order valence-corrected chi connectivity index (χ3v) is 5.94. The van der Waals surface area contributed by atoms with Crippen LogP contribution in [-0.2, 0) is 13.0 Å². The summed E-state index contributed by atoms with van der Waals surface area (Å²) in [5.41, 5.74) is 3.99. The van der Waals surface area contributed by atoms with Crippen LogP contribution in [0.25, 0.3) is 10.9 Å². The van der Waals surface area contributed by atoms with Crippen molar-refractivity contribution in [1.82, 2.24) is 15.1 Å². The minimum absolute atomic E-state index is 0.753. The average molecular weight is 352 g/mol. The lowest BCUT2D eigenvalue weighted by molar-refractivity contribution is 0.167. The molecule has 1 aromatic heterocycles. The van der Waals surface area contributed by atoms with Crippen LogP contribution in [-0.4, -0.2) is 34.4 Å². The molecular formula is C21H25N3S. The number of nitrogens with one attached hydrogen (secondary N) is 1. The average Bonchev–Trinajstić information content (AvgIpc) is 3.10. The number of hydrogen-bond acceptors (Lipinski definition) is 3. The lowest BCUT2D eigenvalue weighted by Crippen LogP contribution is -2.35. The highest BCUT2D eigenvalue weighted by Gasteiger charge is 2.20. The Morgan fingerprint density at radius 1 is 1.16 bits per heavy atom. The van der Waals surface area contributed by atoms with Crippen LogP contribution in [0, 0.1) is 5.92 Å². The number of piperidine rings is 1. The molecule has 1 aliphatic rings. The van der Waals surface area contributed by atoms with Crippen LogP contribution < -0.4 is 0 Å². The minimum Gasteiger partial charge on any atom is -0.299 e. The molecule has 0 saturated carbocycles. The van der Waals surface area contributed by atoms with Crippen molar-refractivity contribution in [3.63, 3.8) is 0 Å². The molecule has 0 spiro atoms. The molecule has 0 amide bonds. The van der Waals surface area contributed by atoms with Crippen LogP contribution in [0.3, 0.4) is 0 Å². The maximum absolute atomic E-state index is 4.13. The van der Waals surface area contributed by atoms with Crippen molar-refractivity contribution in [3.05, 3.63) is 59.8 Å². The van der Waals surface area contributed by atoms with Gasteiger partial charge in [0.25, 0.3) is 0 Å². The summed E-state index contributed by atoms with van der Waals surface area (Å²) in [5, 5.41) is 8.38. The van der Waals surface area contributed by atoms with Crippen molar-refractivity contribution in [2.75, 3.05) is 19.3 Å². The van der Waals surface area contributed by atoms with Gasteiger partial charge in [0.1, 0.15) is 0 Å². The molecule has 2 heterocycles. The van der Waals surface area contributed by atoms with Gasteiger partial charge in [0.15, 0.2) is 0 Å². The summed E-state index contributed by atoms with van der Waals surface area (Å²) in [7, 11) is 0. The van der Waals surface area contributed by atoms with E-state index in [0.29, 0.717) is 0 Å². The van der Waals surface area contributed by atoms with Gasteiger partial charge in [-0.3, -0.25) is 10.00 Å². The zero-order valence-electron chi connectivity index (χ0n) is 14.7. The largest absolute Gasteiger partial charge is 0.299 e. The van der Waals surface area contributed by atoms with Gasteiger partial charge in [-0.05, 0) is 73.4 Å².